The smallest absolute Gasteiger partial charge is 0.251 e. The molecule has 0 spiro atoms. The predicted octanol–water partition coefficient (Wildman–Crippen LogP) is 3.03. The maximum Gasteiger partial charge on any atom is 0.251 e. The van der Waals surface area contributed by atoms with E-state index in [1.165, 1.54) is 0 Å². The lowest BCUT2D eigenvalue weighted by molar-refractivity contribution is 0.00673. The van der Waals surface area contributed by atoms with E-state index in [4.69, 9.17) is 16.3 Å². The Labute approximate surface area is 150 Å². The van der Waals surface area contributed by atoms with Crippen molar-refractivity contribution in [1.29, 1.82) is 0 Å². The van der Waals surface area contributed by atoms with Crippen LogP contribution in [-0.2, 0) is 4.74 Å². The lowest BCUT2D eigenvalue weighted by atomic mass is 10.0. The molecule has 1 saturated heterocycles. The zero-order chi connectivity index (χ0) is 16.1. The van der Waals surface area contributed by atoms with Crippen molar-refractivity contribution in [2.75, 3.05) is 32.8 Å². The van der Waals surface area contributed by atoms with Gasteiger partial charge in [-0.2, -0.15) is 0 Å². The average molecular weight is 437 g/mol. The van der Waals surface area contributed by atoms with Crippen LogP contribution in [0, 0.1) is 9.49 Å². The van der Waals surface area contributed by atoms with Crippen LogP contribution in [0.15, 0.2) is 18.2 Å². The fourth-order valence-corrected chi connectivity index (χ4v) is 3.27. The molecule has 0 saturated carbocycles. The molecule has 1 aliphatic heterocycles. The van der Waals surface area contributed by atoms with Crippen molar-refractivity contribution in [3.63, 3.8) is 0 Å². The van der Waals surface area contributed by atoms with Gasteiger partial charge in [0.1, 0.15) is 0 Å². The topological polar surface area (TPSA) is 41.6 Å². The molecule has 1 amide bonds. The summed E-state index contributed by atoms with van der Waals surface area (Å²) < 4.78 is 6.30. The van der Waals surface area contributed by atoms with Gasteiger partial charge in [-0.3, -0.25) is 9.69 Å². The minimum absolute atomic E-state index is 0.0477. The standard InChI is InChI=1S/C16H22ClIN2O2/c1-11(2)15(20-5-7-22-8-6-20)10-19-16(21)12-3-4-13(17)14(18)9-12/h3-4,9,11,15H,5-8,10H2,1-2H3,(H,19,21). The molecule has 1 unspecified atom stereocenters. The van der Waals surface area contributed by atoms with Crippen LogP contribution in [0.5, 0.6) is 0 Å². The van der Waals surface area contributed by atoms with Crippen molar-refractivity contribution < 1.29 is 9.53 Å². The molecule has 1 aromatic rings. The van der Waals surface area contributed by atoms with E-state index in [1.54, 1.807) is 12.1 Å². The molecule has 1 aromatic carbocycles. The number of morpholine rings is 1. The molecule has 122 valence electrons. The summed E-state index contributed by atoms with van der Waals surface area (Å²) >= 11 is 8.14. The van der Waals surface area contributed by atoms with Gasteiger partial charge in [-0.25, -0.2) is 0 Å². The third-order valence-corrected chi connectivity index (χ3v) is 5.48. The van der Waals surface area contributed by atoms with Crippen LogP contribution in [0.4, 0.5) is 0 Å². The number of nitrogens with zero attached hydrogens (tertiary/aromatic N) is 1. The summed E-state index contributed by atoms with van der Waals surface area (Å²) in [5.74, 6) is 0.428. The maximum atomic E-state index is 12.3. The molecule has 2 rings (SSSR count). The van der Waals surface area contributed by atoms with Gasteiger partial charge in [0.05, 0.1) is 18.2 Å². The van der Waals surface area contributed by atoms with Gasteiger partial charge < -0.3 is 10.1 Å². The van der Waals surface area contributed by atoms with Crippen molar-refractivity contribution >= 4 is 40.1 Å². The summed E-state index contributed by atoms with van der Waals surface area (Å²) in [5, 5.41) is 3.73. The molecule has 0 aromatic heterocycles. The number of ether oxygens (including phenoxy) is 1. The van der Waals surface area contributed by atoms with Crippen molar-refractivity contribution in [3.05, 3.63) is 32.4 Å². The molecule has 1 fully saturated rings. The van der Waals surface area contributed by atoms with E-state index in [1.807, 2.05) is 6.07 Å². The highest BCUT2D eigenvalue weighted by atomic mass is 127. The first kappa shape index (κ1) is 18.0. The Kier molecular flexibility index (Phi) is 6.92. The largest absolute Gasteiger partial charge is 0.379 e. The van der Waals surface area contributed by atoms with Crippen molar-refractivity contribution in [3.8, 4) is 0 Å². The van der Waals surface area contributed by atoms with Crippen LogP contribution < -0.4 is 5.32 Å². The molecule has 1 atom stereocenters. The zero-order valence-electron chi connectivity index (χ0n) is 12.9. The predicted molar refractivity (Wildman–Crippen MR) is 97.5 cm³/mol. The molecule has 0 radical (unpaired) electrons. The molecule has 4 nitrogen and oxygen atoms in total. The van der Waals surface area contributed by atoms with Crippen molar-refractivity contribution in [1.82, 2.24) is 10.2 Å². The van der Waals surface area contributed by atoms with E-state index in [-0.39, 0.29) is 5.91 Å². The van der Waals surface area contributed by atoms with Crippen LogP contribution >= 0.6 is 34.2 Å². The number of amides is 1. The normalized spacial score (nSPS) is 17.5. The number of carbonyl (C=O) groups is 1. The quantitative estimate of drug-likeness (QED) is 0.722. The molecule has 1 aliphatic rings. The van der Waals surface area contributed by atoms with E-state index in [0.29, 0.717) is 29.1 Å². The SMILES string of the molecule is CC(C)C(CNC(=O)c1ccc(Cl)c(I)c1)N1CCOCC1. The first-order valence-corrected chi connectivity index (χ1v) is 8.99. The third kappa shape index (κ3) is 4.81. The summed E-state index contributed by atoms with van der Waals surface area (Å²) in [6.07, 6.45) is 0. The first-order chi connectivity index (χ1) is 10.5. The maximum absolute atomic E-state index is 12.3. The van der Waals surface area contributed by atoms with Crippen LogP contribution in [-0.4, -0.2) is 49.7 Å². The summed E-state index contributed by atoms with van der Waals surface area (Å²) in [6, 6.07) is 5.68. The molecule has 0 bridgehead atoms. The number of benzene rings is 1. The van der Waals surface area contributed by atoms with E-state index in [0.717, 1.165) is 29.9 Å². The summed E-state index contributed by atoms with van der Waals surface area (Å²) in [5.41, 5.74) is 0.651. The zero-order valence-corrected chi connectivity index (χ0v) is 15.9. The average Bonchev–Trinajstić information content (AvgIpc) is 2.50. The van der Waals surface area contributed by atoms with Crippen LogP contribution in [0.3, 0.4) is 0 Å². The second-order valence-corrected chi connectivity index (χ2v) is 7.37. The van der Waals surface area contributed by atoms with Crippen LogP contribution in [0.1, 0.15) is 24.2 Å². The Balaban J connectivity index is 1.96. The van der Waals surface area contributed by atoms with E-state index >= 15 is 0 Å². The van der Waals surface area contributed by atoms with E-state index in [9.17, 15) is 4.79 Å². The Morgan fingerprint density at radius 2 is 2.09 bits per heavy atom. The highest BCUT2D eigenvalue weighted by molar-refractivity contribution is 14.1. The minimum atomic E-state index is -0.0477. The highest BCUT2D eigenvalue weighted by Crippen LogP contribution is 2.19. The lowest BCUT2D eigenvalue weighted by Gasteiger charge is -2.36. The van der Waals surface area contributed by atoms with Gasteiger partial charge in [0.25, 0.3) is 5.91 Å². The number of rotatable bonds is 5. The van der Waals surface area contributed by atoms with Gasteiger partial charge >= 0.3 is 0 Å². The number of carbonyl (C=O) groups excluding carboxylic acids is 1. The number of hydrogen-bond acceptors (Lipinski definition) is 3. The highest BCUT2D eigenvalue weighted by Gasteiger charge is 2.24. The first-order valence-electron chi connectivity index (χ1n) is 7.54. The van der Waals surface area contributed by atoms with Gasteiger partial charge in [0, 0.05) is 34.8 Å². The van der Waals surface area contributed by atoms with E-state index < -0.39 is 0 Å². The molecule has 6 heteroatoms. The Morgan fingerprint density at radius 3 is 2.68 bits per heavy atom. The van der Waals surface area contributed by atoms with Gasteiger partial charge in [-0.15, -0.1) is 0 Å². The second kappa shape index (κ2) is 8.47. The van der Waals surface area contributed by atoms with Crippen molar-refractivity contribution in [2.45, 2.75) is 19.9 Å². The second-order valence-electron chi connectivity index (χ2n) is 5.80. The van der Waals surface area contributed by atoms with E-state index in [2.05, 4.69) is 46.7 Å². The monoisotopic (exact) mass is 436 g/mol. The van der Waals surface area contributed by atoms with Crippen LogP contribution in [0.2, 0.25) is 5.02 Å². The Bertz CT molecular complexity index is 519. The molecule has 0 aliphatic carbocycles. The van der Waals surface area contributed by atoms with Crippen LogP contribution in [0.25, 0.3) is 0 Å². The number of hydrogen-bond donors (Lipinski definition) is 1. The Morgan fingerprint density at radius 1 is 1.41 bits per heavy atom. The Hall–Kier alpha value is -0.370. The van der Waals surface area contributed by atoms with Crippen molar-refractivity contribution in [2.24, 2.45) is 5.92 Å². The summed E-state index contributed by atoms with van der Waals surface area (Å²) in [4.78, 5) is 14.7. The van der Waals surface area contributed by atoms with Gasteiger partial charge in [0.2, 0.25) is 0 Å². The lowest BCUT2D eigenvalue weighted by Crippen LogP contribution is -2.51. The van der Waals surface area contributed by atoms with Gasteiger partial charge in [0.15, 0.2) is 0 Å². The molecular weight excluding hydrogens is 415 g/mol. The molecule has 1 heterocycles. The summed E-state index contributed by atoms with van der Waals surface area (Å²) in [6.45, 7) is 8.43. The third-order valence-electron chi connectivity index (χ3n) is 3.94. The molecule has 22 heavy (non-hydrogen) atoms. The minimum Gasteiger partial charge on any atom is -0.379 e. The summed E-state index contributed by atoms with van der Waals surface area (Å²) in [7, 11) is 0. The fourth-order valence-electron chi connectivity index (χ4n) is 2.63. The van der Waals surface area contributed by atoms with Gasteiger partial charge in [-0.1, -0.05) is 25.4 Å². The molecule has 1 N–H and O–H groups in total. The fraction of sp³-hybridized carbons (Fsp3) is 0.562. The number of halogens is 2. The molecular formula is C16H22ClIN2O2. The number of nitrogens with one attached hydrogen (secondary N) is 1. The van der Waals surface area contributed by atoms with Gasteiger partial charge in [-0.05, 0) is 46.7 Å².